The zero-order valence-electron chi connectivity index (χ0n) is 19.2. The Hall–Kier alpha value is -3.42. The third kappa shape index (κ3) is 3.63. The van der Waals surface area contributed by atoms with Crippen molar-refractivity contribution in [1.29, 1.82) is 0 Å². The van der Waals surface area contributed by atoms with E-state index in [1.807, 2.05) is 23.2 Å². The number of imide groups is 1. The molecule has 4 amide bonds. The molecule has 3 aliphatic rings. The molecule has 1 unspecified atom stereocenters. The number of aromatic nitrogens is 2. The highest BCUT2D eigenvalue weighted by Crippen LogP contribution is 2.31. The Bertz CT molecular complexity index is 1220. The summed E-state index contributed by atoms with van der Waals surface area (Å²) in [4.78, 5) is 38.8. The van der Waals surface area contributed by atoms with Gasteiger partial charge in [-0.1, -0.05) is 29.9 Å². The molecule has 1 aromatic carbocycles. The second-order valence-corrected chi connectivity index (χ2v) is 9.56. The van der Waals surface area contributed by atoms with Gasteiger partial charge in [-0.05, 0) is 57.2 Å². The summed E-state index contributed by atoms with van der Waals surface area (Å²) in [5.74, 6) is -0.501. The Morgan fingerprint density at radius 2 is 1.94 bits per heavy atom. The maximum Gasteiger partial charge on any atom is 0.322 e. The number of amides is 4. The van der Waals surface area contributed by atoms with Crippen LogP contribution in [-0.4, -0.2) is 51.2 Å². The standard InChI is InChI=1S/C25H29N5O3/c1-15-12-16(2)21-18(13-15)14-26-30(21)20-8-10-29(11-9-20)22(31)17-4-6-19(7-5-17)25(3)23(32)27-24(33)28-25/h4,6-7,12-14,17,20H,5,8-11H2,1-3H3,(H2,27,28,32,33)/t17?,25-/m1/s1. The van der Waals surface area contributed by atoms with E-state index in [9.17, 15) is 14.4 Å². The molecule has 2 N–H and O–H groups in total. The van der Waals surface area contributed by atoms with Crippen LogP contribution < -0.4 is 10.6 Å². The number of benzene rings is 1. The summed E-state index contributed by atoms with van der Waals surface area (Å²) in [6.45, 7) is 7.31. The van der Waals surface area contributed by atoms with Crippen LogP contribution in [0.25, 0.3) is 10.9 Å². The van der Waals surface area contributed by atoms with Gasteiger partial charge in [-0.25, -0.2) is 4.79 Å². The molecule has 2 atom stereocenters. The SMILES string of the molecule is Cc1cc(C)c2c(cnn2C2CCN(C(=O)C3C=CC([C@@]4(C)NC(=O)NC4=O)=CC3)CC2)c1. The lowest BCUT2D eigenvalue weighted by molar-refractivity contribution is -0.135. The number of nitrogens with zero attached hydrogens (tertiary/aromatic N) is 3. The van der Waals surface area contributed by atoms with Crippen molar-refractivity contribution in [3.63, 3.8) is 0 Å². The summed E-state index contributed by atoms with van der Waals surface area (Å²) in [6.07, 6.45) is 9.75. The van der Waals surface area contributed by atoms with E-state index in [4.69, 9.17) is 0 Å². The topological polar surface area (TPSA) is 96.3 Å². The van der Waals surface area contributed by atoms with E-state index in [1.165, 1.54) is 22.0 Å². The third-order valence-electron chi connectivity index (χ3n) is 7.19. The molecule has 0 saturated carbocycles. The highest BCUT2D eigenvalue weighted by Gasteiger charge is 2.44. The molecule has 8 heteroatoms. The van der Waals surface area contributed by atoms with Gasteiger partial charge in [0.15, 0.2) is 0 Å². The van der Waals surface area contributed by atoms with Crippen LogP contribution in [0.4, 0.5) is 4.79 Å². The van der Waals surface area contributed by atoms with Gasteiger partial charge in [0.2, 0.25) is 5.91 Å². The van der Waals surface area contributed by atoms with Gasteiger partial charge in [-0.2, -0.15) is 5.10 Å². The first-order chi connectivity index (χ1) is 15.8. The molecule has 5 rings (SSSR count). The summed E-state index contributed by atoms with van der Waals surface area (Å²) < 4.78 is 2.14. The number of carbonyl (C=O) groups is 3. The van der Waals surface area contributed by atoms with Crippen molar-refractivity contribution in [3.05, 3.63) is 53.3 Å². The second-order valence-electron chi connectivity index (χ2n) is 9.56. The molecule has 1 aliphatic carbocycles. The van der Waals surface area contributed by atoms with Crippen LogP contribution in [0.1, 0.15) is 43.4 Å². The average molecular weight is 448 g/mol. The lowest BCUT2D eigenvalue weighted by atomic mass is 9.84. The van der Waals surface area contributed by atoms with Crippen LogP contribution >= 0.6 is 0 Å². The summed E-state index contributed by atoms with van der Waals surface area (Å²) in [5, 5.41) is 10.8. The van der Waals surface area contributed by atoms with Gasteiger partial charge in [0, 0.05) is 18.5 Å². The lowest BCUT2D eigenvalue weighted by Crippen LogP contribution is -2.46. The van der Waals surface area contributed by atoms with Gasteiger partial charge < -0.3 is 10.2 Å². The quantitative estimate of drug-likeness (QED) is 0.707. The Labute approximate surface area is 192 Å². The minimum Gasteiger partial charge on any atom is -0.342 e. The number of urea groups is 1. The summed E-state index contributed by atoms with van der Waals surface area (Å²) in [7, 11) is 0. The van der Waals surface area contributed by atoms with E-state index >= 15 is 0 Å². The number of carbonyl (C=O) groups excluding carboxylic acids is 3. The van der Waals surface area contributed by atoms with Crippen molar-refractivity contribution in [3.8, 4) is 0 Å². The molecule has 0 radical (unpaired) electrons. The number of hydrogen-bond acceptors (Lipinski definition) is 4. The van der Waals surface area contributed by atoms with Gasteiger partial charge >= 0.3 is 6.03 Å². The van der Waals surface area contributed by atoms with E-state index in [2.05, 4.69) is 46.4 Å². The first-order valence-corrected chi connectivity index (χ1v) is 11.5. The Morgan fingerprint density at radius 1 is 1.18 bits per heavy atom. The molecular weight excluding hydrogens is 418 g/mol. The fourth-order valence-corrected chi connectivity index (χ4v) is 5.35. The molecule has 0 bridgehead atoms. The van der Waals surface area contributed by atoms with Gasteiger partial charge in [0.25, 0.3) is 5.91 Å². The monoisotopic (exact) mass is 447 g/mol. The Morgan fingerprint density at radius 3 is 2.58 bits per heavy atom. The van der Waals surface area contributed by atoms with Crippen molar-refractivity contribution >= 4 is 28.7 Å². The minimum absolute atomic E-state index is 0.113. The molecule has 3 heterocycles. The normalized spacial score (nSPS) is 25.8. The fraction of sp³-hybridized carbons (Fsp3) is 0.440. The van der Waals surface area contributed by atoms with Crippen LogP contribution in [0.15, 0.2) is 42.1 Å². The molecule has 2 aromatic rings. The van der Waals surface area contributed by atoms with Crippen molar-refractivity contribution in [2.45, 2.75) is 51.6 Å². The molecule has 2 fully saturated rings. The molecular formula is C25H29N5O3. The Kier molecular flexibility index (Phi) is 5.11. The van der Waals surface area contributed by atoms with Gasteiger partial charge in [0.1, 0.15) is 5.54 Å². The predicted octanol–water partition coefficient (Wildman–Crippen LogP) is 2.92. The number of nitrogens with one attached hydrogen (secondary N) is 2. The van der Waals surface area contributed by atoms with E-state index in [0.717, 1.165) is 12.8 Å². The molecule has 1 aromatic heterocycles. The maximum atomic E-state index is 13.1. The summed E-state index contributed by atoms with van der Waals surface area (Å²) in [6, 6.07) is 4.15. The lowest BCUT2D eigenvalue weighted by Gasteiger charge is -2.35. The number of rotatable bonds is 3. The fourth-order valence-electron chi connectivity index (χ4n) is 5.35. The number of fused-ring (bicyclic) bond motifs is 1. The molecule has 2 aliphatic heterocycles. The number of piperidine rings is 1. The number of hydrogen-bond donors (Lipinski definition) is 2. The highest BCUT2D eigenvalue weighted by atomic mass is 16.2. The molecule has 33 heavy (non-hydrogen) atoms. The van der Waals surface area contributed by atoms with E-state index in [-0.39, 0.29) is 23.8 Å². The van der Waals surface area contributed by atoms with Crippen LogP contribution in [0.5, 0.6) is 0 Å². The second kappa shape index (κ2) is 7.86. The van der Waals surface area contributed by atoms with Crippen molar-refractivity contribution in [2.75, 3.05) is 13.1 Å². The van der Waals surface area contributed by atoms with Crippen LogP contribution in [0.2, 0.25) is 0 Å². The van der Waals surface area contributed by atoms with Crippen molar-refractivity contribution in [2.24, 2.45) is 5.92 Å². The Balaban J connectivity index is 1.22. The molecule has 172 valence electrons. The zero-order chi connectivity index (χ0) is 23.3. The number of likely N-dealkylation sites (tertiary alicyclic amines) is 1. The van der Waals surface area contributed by atoms with Crippen molar-refractivity contribution in [1.82, 2.24) is 25.3 Å². The van der Waals surface area contributed by atoms with Crippen LogP contribution in [-0.2, 0) is 9.59 Å². The van der Waals surface area contributed by atoms with Gasteiger partial charge in [0.05, 0.1) is 23.7 Å². The maximum absolute atomic E-state index is 13.1. The molecule has 8 nitrogen and oxygen atoms in total. The average Bonchev–Trinajstić information content (AvgIpc) is 3.34. The van der Waals surface area contributed by atoms with Crippen LogP contribution in [0.3, 0.4) is 0 Å². The largest absolute Gasteiger partial charge is 0.342 e. The van der Waals surface area contributed by atoms with E-state index in [0.29, 0.717) is 25.1 Å². The van der Waals surface area contributed by atoms with Crippen molar-refractivity contribution < 1.29 is 14.4 Å². The summed E-state index contributed by atoms with van der Waals surface area (Å²) >= 11 is 0. The first-order valence-electron chi connectivity index (χ1n) is 11.5. The first kappa shape index (κ1) is 21.4. The predicted molar refractivity (Wildman–Crippen MR) is 124 cm³/mol. The number of aryl methyl sites for hydroxylation is 2. The minimum atomic E-state index is -1.08. The zero-order valence-corrected chi connectivity index (χ0v) is 19.2. The van der Waals surface area contributed by atoms with Gasteiger partial charge in [-0.3, -0.25) is 19.6 Å². The molecule has 2 saturated heterocycles. The molecule has 0 spiro atoms. The van der Waals surface area contributed by atoms with Gasteiger partial charge in [-0.15, -0.1) is 0 Å². The smallest absolute Gasteiger partial charge is 0.322 e. The van der Waals surface area contributed by atoms with E-state index < -0.39 is 11.6 Å². The number of allylic oxidation sites excluding steroid dienone is 1. The summed E-state index contributed by atoms with van der Waals surface area (Å²) in [5.41, 5.74) is 3.29. The van der Waals surface area contributed by atoms with E-state index in [1.54, 1.807) is 13.0 Å². The third-order valence-corrected chi connectivity index (χ3v) is 7.19. The highest BCUT2D eigenvalue weighted by molar-refractivity contribution is 6.09. The van der Waals surface area contributed by atoms with Crippen LogP contribution in [0, 0.1) is 19.8 Å².